The summed E-state index contributed by atoms with van der Waals surface area (Å²) in [4.78, 5) is 31.9. The SMILES string of the molecule is CCOC(=O)C1=C(C)N=c2sc(=Cc3ccc(-c4cc(Cl)ccc4Cl)o3)c(=O)n2[C@H]1c1ccc2c(c1)OCO2. The molecule has 0 amide bonds. The van der Waals surface area contributed by atoms with Crippen molar-refractivity contribution in [1.29, 1.82) is 0 Å². The van der Waals surface area contributed by atoms with Crippen molar-refractivity contribution >= 4 is 46.6 Å². The monoisotopic (exact) mass is 582 g/mol. The van der Waals surface area contributed by atoms with E-state index in [1.54, 1.807) is 68.5 Å². The minimum atomic E-state index is -0.769. The molecule has 0 saturated carbocycles. The lowest BCUT2D eigenvalue weighted by Gasteiger charge is -2.24. The summed E-state index contributed by atoms with van der Waals surface area (Å²) in [6.45, 7) is 3.75. The maximum Gasteiger partial charge on any atom is 0.338 e. The van der Waals surface area contributed by atoms with Crippen molar-refractivity contribution in [3.8, 4) is 22.8 Å². The fourth-order valence-electron chi connectivity index (χ4n) is 4.58. The molecule has 0 aliphatic carbocycles. The van der Waals surface area contributed by atoms with Crippen LogP contribution in [0.15, 0.2) is 74.0 Å². The van der Waals surface area contributed by atoms with E-state index in [2.05, 4.69) is 4.99 Å². The maximum absolute atomic E-state index is 13.8. The highest BCUT2D eigenvalue weighted by Crippen LogP contribution is 2.38. The molecule has 4 aromatic rings. The van der Waals surface area contributed by atoms with Crippen LogP contribution in [0.2, 0.25) is 10.0 Å². The number of carbonyl (C=O) groups excluding carboxylic acids is 1. The summed E-state index contributed by atoms with van der Waals surface area (Å²) in [5.41, 5.74) is 1.74. The number of hydrogen-bond donors (Lipinski definition) is 0. The largest absolute Gasteiger partial charge is 0.463 e. The van der Waals surface area contributed by atoms with Crippen LogP contribution in [0, 0.1) is 0 Å². The number of furan rings is 1. The molecule has 4 heterocycles. The second-order valence-electron chi connectivity index (χ2n) is 8.74. The van der Waals surface area contributed by atoms with Gasteiger partial charge in [0.25, 0.3) is 5.56 Å². The normalized spacial score (nSPS) is 16.3. The number of aromatic nitrogens is 1. The molecule has 0 saturated heterocycles. The predicted octanol–water partition coefficient (Wildman–Crippen LogP) is 5.09. The Morgan fingerprint density at radius 1 is 1.15 bits per heavy atom. The summed E-state index contributed by atoms with van der Waals surface area (Å²) in [6.07, 6.45) is 1.64. The van der Waals surface area contributed by atoms with Gasteiger partial charge in [0.15, 0.2) is 16.3 Å². The Labute approximate surface area is 236 Å². The number of rotatable bonds is 5. The average Bonchev–Trinajstić information content (AvgIpc) is 3.64. The molecule has 0 radical (unpaired) electrons. The Kier molecular flexibility index (Phi) is 6.58. The van der Waals surface area contributed by atoms with Gasteiger partial charge in [-0.15, -0.1) is 0 Å². The van der Waals surface area contributed by atoms with Crippen molar-refractivity contribution in [1.82, 2.24) is 4.57 Å². The van der Waals surface area contributed by atoms with E-state index in [-0.39, 0.29) is 24.5 Å². The van der Waals surface area contributed by atoms with E-state index >= 15 is 0 Å². The van der Waals surface area contributed by atoms with Crippen LogP contribution in [-0.4, -0.2) is 23.9 Å². The molecule has 198 valence electrons. The smallest absolute Gasteiger partial charge is 0.338 e. The molecule has 8 nitrogen and oxygen atoms in total. The van der Waals surface area contributed by atoms with E-state index in [9.17, 15) is 9.59 Å². The van der Waals surface area contributed by atoms with Crippen molar-refractivity contribution < 1.29 is 23.4 Å². The maximum atomic E-state index is 13.8. The number of thiazole rings is 1. The number of allylic oxidation sites excluding steroid dienone is 1. The fourth-order valence-corrected chi connectivity index (χ4v) is 5.99. The molecule has 0 spiro atoms. The van der Waals surface area contributed by atoms with E-state index < -0.39 is 12.0 Å². The number of fused-ring (bicyclic) bond motifs is 2. The molecule has 0 bridgehead atoms. The molecular formula is C28H20Cl2N2O6S. The van der Waals surface area contributed by atoms with E-state index in [0.717, 1.165) is 0 Å². The van der Waals surface area contributed by atoms with Gasteiger partial charge in [-0.05, 0) is 61.9 Å². The first-order valence-electron chi connectivity index (χ1n) is 12.0. The molecule has 2 aromatic carbocycles. The Balaban J connectivity index is 1.48. The molecular weight excluding hydrogens is 563 g/mol. The van der Waals surface area contributed by atoms with Gasteiger partial charge >= 0.3 is 5.97 Å². The summed E-state index contributed by atoms with van der Waals surface area (Å²) in [5, 5.41) is 1.02. The summed E-state index contributed by atoms with van der Waals surface area (Å²) in [5.74, 6) is 1.56. The molecule has 2 aliphatic rings. The Morgan fingerprint density at radius 2 is 1.97 bits per heavy atom. The van der Waals surface area contributed by atoms with Gasteiger partial charge in [-0.3, -0.25) is 9.36 Å². The van der Waals surface area contributed by atoms with Crippen LogP contribution in [-0.2, 0) is 9.53 Å². The number of benzene rings is 2. The highest BCUT2D eigenvalue weighted by atomic mass is 35.5. The minimum Gasteiger partial charge on any atom is -0.463 e. The van der Waals surface area contributed by atoms with Crippen LogP contribution in [0.3, 0.4) is 0 Å². The molecule has 0 unspecified atom stereocenters. The van der Waals surface area contributed by atoms with E-state index in [4.69, 9.17) is 41.8 Å². The molecule has 11 heteroatoms. The zero-order valence-corrected chi connectivity index (χ0v) is 23.0. The molecule has 2 aromatic heterocycles. The third kappa shape index (κ3) is 4.56. The Morgan fingerprint density at radius 3 is 2.79 bits per heavy atom. The molecule has 2 aliphatic heterocycles. The van der Waals surface area contributed by atoms with Crippen LogP contribution in [0.5, 0.6) is 11.5 Å². The summed E-state index contributed by atoms with van der Waals surface area (Å²) in [6, 6.07) is 13.2. The number of halogens is 2. The average molecular weight is 583 g/mol. The van der Waals surface area contributed by atoms with Crippen molar-refractivity contribution in [2.24, 2.45) is 4.99 Å². The van der Waals surface area contributed by atoms with Crippen LogP contribution >= 0.6 is 34.5 Å². The summed E-state index contributed by atoms with van der Waals surface area (Å²) in [7, 11) is 0. The Hall–Kier alpha value is -3.79. The zero-order valence-electron chi connectivity index (χ0n) is 20.7. The van der Waals surface area contributed by atoms with Gasteiger partial charge in [-0.1, -0.05) is 40.6 Å². The lowest BCUT2D eigenvalue weighted by atomic mass is 9.95. The number of esters is 1. The first-order chi connectivity index (χ1) is 18.8. The molecule has 6 rings (SSSR count). The quantitative estimate of drug-likeness (QED) is 0.304. The van der Waals surface area contributed by atoms with E-state index in [1.165, 1.54) is 15.9 Å². The van der Waals surface area contributed by atoms with Gasteiger partial charge in [0.1, 0.15) is 11.5 Å². The number of hydrogen-bond acceptors (Lipinski definition) is 8. The van der Waals surface area contributed by atoms with Gasteiger partial charge in [-0.25, -0.2) is 9.79 Å². The van der Waals surface area contributed by atoms with Crippen molar-refractivity contribution in [3.63, 3.8) is 0 Å². The molecule has 0 N–H and O–H groups in total. The Bertz CT molecular complexity index is 1850. The first kappa shape index (κ1) is 25.5. The van der Waals surface area contributed by atoms with Gasteiger partial charge in [0, 0.05) is 16.7 Å². The third-order valence-corrected chi connectivity index (χ3v) is 7.87. The van der Waals surface area contributed by atoms with Crippen LogP contribution in [0.1, 0.15) is 31.2 Å². The zero-order chi connectivity index (χ0) is 27.3. The standard InChI is InChI=1S/C28H20Cl2N2O6S/c1-3-35-27(34)24-14(2)31-28-32(25(24)15-4-8-21-22(10-15)37-13-36-21)26(33)23(39-28)12-17-6-9-20(38-17)18-11-16(29)5-7-19(18)30/h4-12,25H,3,13H2,1-2H3/t25-/m0/s1. The minimum absolute atomic E-state index is 0.104. The molecule has 0 fully saturated rings. The molecule has 39 heavy (non-hydrogen) atoms. The fraction of sp³-hybridized carbons (Fsp3) is 0.179. The van der Waals surface area contributed by atoms with E-state index in [0.29, 0.717) is 59.2 Å². The van der Waals surface area contributed by atoms with Crippen LogP contribution in [0.4, 0.5) is 0 Å². The van der Waals surface area contributed by atoms with Gasteiger partial charge in [0.05, 0.1) is 33.5 Å². The third-order valence-electron chi connectivity index (χ3n) is 6.32. The number of nitrogens with zero attached hydrogens (tertiary/aromatic N) is 2. The van der Waals surface area contributed by atoms with Gasteiger partial charge in [-0.2, -0.15) is 0 Å². The highest BCUT2D eigenvalue weighted by molar-refractivity contribution is 7.07. The topological polar surface area (TPSA) is 92.3 Å². The lowest BCUT2D eigenvalue weighted by Crippen LogP contribution is -2.39. The van der Waals surface area contributed by atoms with Crippen molar-refractivity contribution in [2.45, 2.75) is 19.9 Å². The second kappa shape index (κ2) is 10.1. The number of ether oxygens (including phenoxy) is 3. The van der Waals surface area contributed by atoms with E-state index in [1.807, 2.05) is 0 Å². The van der Waals surface area contributed by atoms with Crippen LogP contribution < -0.4 is 24.4 Å². The predicted molar refractivity (Wildman–Crippen MR) is 147 cm³/mol. The first-order valence-corrected chi connectivity index (χ1v) is 13.6. The van der Waals surface area contributed by atoms with Crippen molar-refractivity contribution in [3.05, 3.63) is 101 Å². The lowest BCUT2D eigenvalue weighted by molar-refractivity contribution is -0.139. The number of carbonyl (C=O) groups is 1. The van der Waals surface area contributed by atoms with Gasteiger partial charge < -0.3 is 18.6 Å². The summed E-state index contributed by atoms with van der Waals surface area (Å²) >= 11 is 13.7. The summed E-state index contributed by atoms with van der Waals surface area (Å²) < 4.78 is 24.2. The highest BCUT2D eigenvalue weighted by Gasteiger charge is 2.34. The van der Waals surface area contributed by atoms with Crippen LogP contribution in [0.25, 0.3) is 17.4 Å². The van der Waals surface area contributed by atoms with Crippen molar-refractivity contribution in [2.75, 3.05) is 13.4 Å². The van der Waals surface area contributed by atoms with Gasteiger partial charge in [0.2, 0.25) is 6.79 Å². The second-order valence-corrected chi connectivity index (χ2v) is 10.6. The molecule has 1 atom stereocenters.